The fourth-order valence-corrected chi connectivity index (χ4v) is 4.87. The zero-order valence-electron chi connectivity index (χ0n) is 17.7. The summed E-state index contributed by atoms with van der Waals surface area (Å²) in [5.74, 6) is 1.90. The van der Waals surface area contributed by atoms with Crippen molar-refractivity contribution in [3.8, 4) is 0 Å². The van der Waals surface area contributed by atoms with E-state index in [1.165, 1.54) is 10.5 Å². The van der Waals surface area contributed by atoms with E-state index in [1.807, 2.05) is 43.3 Å². The minimum atomic E-state index is -0.380. The number of hydrogen-bond acceptors (Lipinski definition) is 3. The van der Waals surface area contributed by atoms with Crippen molar-refractivity contribution in [2.24, 2.45) is 0 Å². The molecule has 0 fully saturated rings. The number of amides is 1. The van der Waals surface area contributed by atoms with Crippen LogP contribution in [0.4, 0.5) is 0 Å². The summed E-state index contributed by atoms with van der Waals surface area (Å²) in [4.78, 5) is 18.7. The Labute approximate surface area is 190 Å². The number of aromatic nitrogens is 2. The molecule has 31 heavy (non-hydrogen) atoms. The lowest BCUT2D eigenvalue weighted by Gasteiger charge is -2.13. The van der Waals surface area contributed by atoms with Gasteiger partial charge in [-0.05, 0) is 59.0 Å². The first-order valence-corrected chi connectivity index (χ1v) is 13.1. The fourth-order valence-electron chi connectivity index (χ4n) is 3.61. The van der Waals surface area contributed by atoms with E-state index in [0.717, 1.165) is 34.7 Å². The van der Waals surface area contributed by atoms with Crippen LogP contribution in [0.15, 0.2) is 77.7 Å². The van der Waals surface area contributed by atoms with Crippen LogP contribution in [0.1, 0.15) is 34.2 Å². The number of aryl methyl sites for hydroxylation is 1. The van der Waals surface area contributed by atoms with Crippen LogP contribution in [0.2, 0.25) is 0 Å². The van der Waals surface area contributed by atoms with E-state index >= 15 is 0 Å². The van der Waals surface area contributed by atoms with Gasteiger partial charge in [0.2, 0.25) is 0 Å². The second-order valence-corrected chi connectivity index (χ2v) is 10.9. The molecule has 1 aromatic heterocycles. The van der Waals surface area contributed by atoms with Crippen LogP contribution < -0.4 is 5.32 Å². The van der Waals surface area contributed by atoms with Crippen molar-refractivity contribution in [1.82, 2.24) is 14.9 Å². The molecule has 4 aromatic rings. The molecule has 0 aliphatic heterocycles. The molecule has 1 N–H and O–H groups in total. The molecule has 0 spiro atoms. The first-order chi connectivity index (χ1) is 15.0. The molecule has 3 aromatic carbocycles. The molecule has 1 heterocycles. The summed E-state index contributed by atoms with van der Waals surface area (Å²) in [7, 11) is -0.380. The third-order valence-corrected chi connectivity index (χ3v) is 8.41. The molecule has 4 rings (SSSR count). The van der Waals surface area contributed by atoms with Gasteiger partial charge in [0.15, 0.2) is 0 Å². The van der Waals surface area contributed by atoms with Crippen LogP contribution in [-0.2, 0) is 13.1 Å². The molecule has 4 nitrogen and oxygen atoms in total. The van der Waals surface area contributed by atoms with Gasteiger partial charge in [-0.25, -0.2) is 4.98 Å². The highest BCUT2D eigenvalue weighted by Crippen LogP contribution is 2.39. The van der Waals surface area contributed by atoms with Crippen molar-refractivity contribution in [3.63, 3.8) is 0 Å². The lowest BCUT2D eigenvalue weighted by atomic mass is 10.1. The van der Waals surface area contributed by atoms with E-state index in [2.05, 4.69) is 69.9 Å². The van der Waals surface area contributed by atoms with Crippen LogP contribution >= 0.6 is 21.6 Å². The minimum Gasteiger partial charge on any atom is -0.348 e. The molecule has 1 amide bonds. The van der Waals surface area contributed by atoms with Crippen LogP contribution in [-0.4, -0.2) is 21.2 Å². The number of rotatable bonds is 7. The quantitative estimate of drug-likeness (QED) is 0.256. The first kappa shape index (κ1) is 21.5. The summed E-state index contributed by atoms with van der Waals surface area (Å²) in [6.45, 7) is 5.41. The standard InChI is InChI=1S/C25H27N3OS2/c1-3-31(30)22-12-9-19(10-13-22)16-26-25(29)21-11-14-24-23(15-21)27-18(2)28(24)17-20-7-5-4-6-8-20/h4-15,30-31H,3,16-17H2,1-2H3,(H,26,29). The number of hydrogen-bond donors (Lipinski definition) is 3. The van der Waals surface area contributed by atoms with Gasteiger partial charge in [-0.15, -0.1) is 11.7 Å². The average molecular weight is 450 g/mol. The Morgan fingerprint density at radius 3 is 2.48 bits per heavy atom. The van der Waals surface area contributed by atoms with Crippen LogP contribution in [0.3, 0.4) is 0 Å². The molecule has 1 unspecified atom stereocenters. The lowest BCUT2D eigenvalue weighted by Crippen LogP contribution is -2.22. The molecule has 0 radical (unpaired) electrons. The van der Waals surface area contributed by atoms with Crippen molar-refractivity contribution < 1.29 is 4.79 Å². The molecule has 160 valence electrons. The van der Waals surface area contributed by atoms with E-state index in [4.69, 9.17) is 0 Å². The topological polar surface area (TPSA) is 46.9 Å². The van der Waals surface area contributed by atoms with E-state index in [1.54, 1.807) is 0 Å². The van der Waals surface area contributed by atoms with Crippen LogP contribution in [0.25, 0.3) is 11.0 Å². The van der Waals surface area contributed by atoms with Crippen molar-refractivity contribution in [3.05, 3.63) is 95.3 Å². The van der Waals surface area contributed by atoms with E-state index < -0.39 is 0 Å². The van der Waals surface area contributed by atoms with Gasteiger partial charge in [-0.3, -0.25) is 4.79 Å². The molecular weight excluding hydrogens is 422 g/mol. The maximum atomic E-state index is 12.7. The van der Waals surface area contributed by atoms with Crippen molar-refractivity contribution >= 4 is 38.5 Å². The lowest BCUT2D eigenvalue weighted by molar-refractivity contribution is 0.0951. The number of nitrogens with one attached hydrogen (secondary N) is 1. The smallest absolute Gasteiger partial charge is 0.251 e. The molecule has 0 saturated carbocycles. The second kappa shape index (κ2) is 9.62. The Morgan fingerprint density at radius 1 is 1.03 bits per heavy atom. The van der Waals surface area contributed by atoms with Crippen LogP contribution in [0, 0.1) is 6.92 Å². The van der Waals surface area contributed by atoms with Gasteiger partial charge in [0.25, 0.3) is 5.91 Å². The maximum Gasteiger partial charge on any atom is 0.251 e. The maximum absolute atomic E-state index is 12.7. The number of fused-ring (bicyclic) bond motifs is 1. The fraction of sp³-hybridized carbons (Fsp3) is 0.200. The molecule has 0 bridgehead atoms. The highest BCUT2D eigenvalue weighted by atomic mass is 33.1. The van der Waals surface area contributed by atoms with Gasteiger partial charge < -0.3 is 9.88 Å². The Kier molecular flexibility index (Phi) is 6.68. The van der Waals surface area contributed by atoms with Gasteiger partial charge in [-0.2, -0.15) is 9.93 Å². The van der Waals surface area contributed by atoms with Gasteiger partial charge in [-0.1, -0.05) is 49.4 Å². The number of carbonyl (C=O) groups is 1. The predicted molar refractivity (Wildman–Crippen MR) is 134 cm³/mol. The third-order valence-electron chi connectivity index (χ3n) is 5.37. The summed E-state index contributed by atoms with van der Waals surface area (Å²) >= 11 is 4.64. The minimum absolute atomic E-state index is 0.0914. The Hall–Kier alpha value is -2.70. The summed E-state index contributed by atoms with van der Waals surface area (Å²) in [6, 6.07) is 24.4. The molecule has 0 saturated heterocycles. The van der Waals surface area contributed by atoms with Crippen molar-refractivity contribution in [1.29, 1.82) is 0 Å². The molecule has 0 aliphatic rings. The number of carbonyl (C=O) groups excluding carboxylic acids is 1. The monoisotopic (exact) mass is 449 g/mol. The van der Waals surface area contributed by atoms with Crippen molar-refractivity contribution in [2.45, 2.75) is 31.8 Å². The van der Waals surface area contributed by atoms with Gasteiger partial charge >= 0.3 is 0 Å². The Balaban J connectivity index is 1.46. The number of benzene rings is 3. The van der Waals surface area contributed by atoms with Crippen LogP contribution in [0.5, 0.6) is 0 Å². The average Bonchev–Trinajstić information content (AvgIpc) is 3.12. The van der Waals surface area contributed by atoms with Crippen molar-refractivity contribution in [2.75, 3.05) is 5.75 Å². The number of thiol groups is 2. The first-order valence-electron chi connectivity index (χ1n) is 10.4. The van der Waals surface area contributed by atoms with E-state index in [9.17, 15) is 4.79 Å². The number of nitrogens with zero attached hydrogens (tertiary/aromatic N) is 2. The summed E-state index contributed by atoms with van der Waals surface area (Å²) in [6.07, 6.45) is 0. The van der Waals surface area contributed by atoms with E-state index in [0.29, 0.717) is 12.1 Å². The highest BCUT2D eigenvalue weighted by molar-refractivity contribution is 8.78. The molecule has 1 atom stereocenters. The largest absolute Gasteiger partial charge is 0.348 e. The second-order valence-electron chi connectivity index (χ2n) is 7.50. The normalized spacial score (nSPS) is 12.7. The third kappa shape index (κ3) is 4.97. The molecule has 6 heteroatoms. The summed E-state index contributed by atoms with van der Waals surface area (Å²) < 4.78 is 2.18. The Bertz CT molecular complexity index is 1190. The summed E-state index contributed by atoms with van der Waals surface area (Å²) in [5, 5.41) is 3.02. The van der Waals surface area contributed by atoms with E-state index in [-0.39, 0.29) is 15.8 Å². The summed E-state index contributed by atoms with van der Waals surface area (Å²) in [5.41, 5.74) is 4.80. The SMILES string of the molecule is CC[SH](S)c1ccc(CNC(=O)c2ccc3c(c2)nc(C)n3Cc2ccccc2)cc1. The molecule has 0 aliphatic carbocycles. The number of imidazole rings is 1. The van der Waals surface area contributed by atoms with Gasteiger partial charge in [0.05, 0.1) is 11.0 Å². The van der Waals surface area contributed by atoms with Gasteiger partial charge in [0, 0.05) is 18.7 Å². The van der Waals surface area contributed by atoms with Gasteiger partial charge in [0.1, 0.15) is 5.82 Å². The highest BCUT2D eigenvalue weighted by Gasteiger charge is 2.12. The molecular formula is C25H27N3OS2. The Morgan fingerprint density at radius 2 is 1.77 bits per heavy atom. The predicted octanol–water partition coefficient (Wildman–Crippen LogP) is 5.55. The zero-order chi connectivity index (χ0) is 21.8. The zero-order valence-corrected chi connectivity index (χ0v) is 19.5.